The van der Waals surface area contributed by atoms with Gasteiger partial charge in [-0.15, -0.1) is 5.10 Å². The third-order valence-electron chi connectivity index (χ3n) is 2.84. The third kappa shape index (κ3) is 3.11. The van der Waals surface area contributed by atoms with Gasteiger partial charge in [0.05, 0.1) is 24.4 Å². The molecule has 0 atom stereocenters. The molecule has 1 aromatic carbocycles. The number of anilines is 1. The van der Waals surface area contributed by atoms with Gasteiger partial charge in [-0.25, -0.2) is 9.48 Å². The highest BCUT2D eigenvalue weighted by atomic mass is 16.4. The van der Waals surface area contributed by atoms with Gasteiger partial charge < -0.3 is 10.0 Å². The monoisotopic (exact) mass is 271 g/mol. The van der Waals surface area contributed by atoms with Crippen LogP contribution in [0, 0.1) is 11.3 Å². The van der Waals surface area contributed by atoms with Crippen molar-refractivity contribution in [1.29, 1.82) is 5.26 Å². The molecule has 102 valence electrons. The molecule has 0 saturated heterocycles. The van der Waals surface area contributed by atoms with Gasteiger partial charge in [0.15, 0.2) is 5.69 Å². The first kappa shape index (κ1) is 13.5. The van der Waals surface area contributed by atoms with E-state index in [1.165, 1.54) is 10.9 Å². The summed E-state index contributed by atoms with van der Waals surface area (Å²) in [6.45, 7) is 1.13. The van der Waals surface area contributed by atoms with Gasteiger partial charge in [0.2, 0.25) is 0 Å². The summed E-state index contributed by atoms with van der Waals surface area (Å²) < 4.78 is 1.48. The zero-order valence-electron chi connectivity index (χ0n) is 10.9. The number of carboxylic acids is 1. The number of hydrogen-bond acceptors (Lipinski definition) is 5. The minimum absolute atomic E-state index is 0.0702. The molecule has 0 unspecified atom stereocenters. The molecule has 0 spiro atoms. The molecule has 0 aliphatic rings. The first-order valence-corrected chi connectivity index (χ1v) is 5.95. The second-order valence-electron chi connectivity index (χ2n) is 4.26. The van der Waals surface area contributed by atoms with Crippen molar-refractivity contribution >= 4 is 11.7 Å². The van der Waals surface area contributed by atoms with Gasteiger partial charge in [-0.2, -0.15) is 5.26 Å². The topological polar surface area (TPSA) is 95.0 Å². The normalized spacial score (nSPS) is 10.0. The second-order valence-corrected chi connectivity index (χ2v) is 4.26. The zero-order valence-corrected chi connectivity index (χ0v) is 10.9. The number of benzene rings is 1. The van der Waals surface area contributed by atoms with Crippen LogP contribution < -0.4 is 4.90 Å². The van der Waals surface area contributed by atoms with E-state index in [0.717, 1.165) is 5.69 Å². The van der Waals surface area contributed by atoms with E-state index in [4.69, 9.17) is 10.4 Å². The highest BCUT2D eigenvalue weighted by molar-refractivity contribution is 5.84. The Morgan fingerprint density at radius 2 is 2.35 bits per heavy atom. The van der Waals surface area contributed by atoms with Crippen molar-refractivity contribution in [1.82, 2.24) is 15.0 Å². The van der Waals surface area contributed by atoms with Crippen LogP contribution in [0.25, 0.3) is 0 Å². The van der Waals surface area contributed by atoms with Crippen LogP contribution in [0.1, 0.15) is 16.1 Å². The van der Waals surface area contributed by atoms with E-state index in [9.17, 15) is 4.79 Å². The Bertz CT molecular complexity index is 659. The molecule has 1 heterocycles. The maximum atomic E-state index is 10.7. The molecule has 1 N–H and O–H groups in total. The van der Waals surface area contributed by atoms with Crippen LogP contribution in [0.15, 0.2) is 30.5 Å². The van der Waals surface area contributed by atoms with Gasteiger partial charge in [0.25, 0.3) is 0 Å². The van der Waals surface area contributed by atoms with Crippen LogP contribution in [0.2, 0.25) is 0 Å². The lowest BCUT2D eigenvalue weighted by atomic mass is 10.2. The summed E-state index contributed by atoms with van der Waals surface area (Å²) in [7, 11) is 1.89. The van der Waals surface area contributed by atoms with Crippen LogP contribution in [-0.2, 0) is 6.54 Å². The van der Waals surface area contributed by atoms with E-state index in [1.54, 1.807) is 12.1 Å². The summed E-state index contributed by atoms with van der Waals surface area (Å²) in [6, 6.07) is 9.36. The molecule has 7 heteroatoms. The summed E-state index contributed by atoms with van der Waals surface area (Å²) in [5.74, 6) is -1.09. The molecule has 0 fully saturated rings. The number of aromatic carboxylic acids is 1. The number of hydrogen-bond donors (Lipinski definition) is 1. The van der Waals surface area contributed by atoms with E-state index in [2.05, 4.69) is 16.4 Å². The van der Waals surface area contributed by atoms with Crippen LogP contribution >= 0.6 is 0 Å². The Labute approximate surface area is 115 Å². The van der Waals surface area contributed by atoms with Crippen molar-refractivity contribution in [3.05, 3.63) is 41.7 Å². The van der Waals surface area contributed by atoms with Crippen molar-refractivity contribution in [2.24, 2.45) is 0 Å². The predicted molar refractivity (Wildman–Crippen MR) is 71.4 cm³/mol. The quantitative estimate of drug-likeness (QED) is 0.871. The minimum Gasteiger partial charge on any atom is -0.476 e. The number of rotatable bonds is 5. The lowest BCUT2D eigenvalue weighted by molar-refractivity contribution is 0.0690. The summed E-state index contributed by atoms with van der Waals surface area (Å²) >= 11 is 0. The molecule has 2 aromatic rings. The van der Waals surface area contributed by atoms with Gasteiger partial charge in [-0.1, -0.05) is 11.3 Å². The first-order valence-electron chi connectivity index (χ1n) is 5.95. The van der Waals surface area contributed by atoms with Gasteiger partial charge in [0.1, 0.15) is 0 Å². The largest absolute Gasteiger partial charge is 0.476 e. The van der Waals surface area contributed by atoms with Crippen LogP contribution in [0.3, 0.4) is 0 Å². The Hall–Kier alpha value is -2.88. The standard InChI is InChI=1S/C13H13N5O2/c1-17(11-4-2-3-10(7-11)8-14)5-6-18-9-12(13(19)20)15-16-18/h2-4,7,9H,5-6H2,1H3,(H,19,20). The molecule has 0 amide bonds. The van der Waals surface area contributed by atoms with Crippen molar-refractivity contribution in [3.63, 3.8) is 0 Å². The molecular formula is C13H13N5O2. The highest BCUT2D eigenvalue weighted by Crippen LogP contribution is 2.14. The predicted octanol–water partition coefficient (Wildman–Crippen LogP) is 0.984. The maximum Gasteiger partial charge on any atom is 0.358 e. The average molecular weight is 271 g/mol. The van der Waals surface area contributed by atoms with Crippen LogP contribution in [0.4, 0.5) is 5.69 Å². The van der Waals surface area contributed by atoms with E-state index in [0.29, 0.717) is 18.7 Å². The smallest absolute Gasteiger partial charge is 0.358 e. The molecule has 0 radical (unpaired) electrons. The molecule has 2 rings (SSSR count). The number of carboxylic acid groups (broad SMARTS) is 1. The Morgan fingerprint density at radius 1 is 1.55 bits per heavy atom. The highest BCUT2D eigenvalue weighted by Gasteiger charge is 2.08. The van der Waals surface area contributed by atoms with E-state index < -0.39 is 5.97 Å². The summed E-state index contributed by atoms with van der Waals surface area (Å²) in [4.78, 5) is 12.6. The SMILES string of the molecule is CN(CCn1cc(C(=O)O)nn1)c1cccc(C#N)c1. The van der Waals surface area contributed by atoms with Gasteiger partial charge in [-0.05, 0) is 18.2 Å². The Balaban J connectivity index is 1.99. The second kappa shape index (κ2) is 5.84. The molecule has 0 aliphatic heterocycles. The molecule has 20 heavy (non-hydrogen) atoms. The molecule has 0 bridgehead atoms. The summed E-state index contributed by atoms with van der Waals surface area (Å²) in [5.41, 5.74) is 1.45. The fraction of sp³-hybridized carbons (Fsp3) is 0.231. The Morgan fingerprint density at radius 3 is 3.00 bits per heavy atom. The van der Waals surface area contributed by atoms with Gasteiger partial charge in [-0.3, -0.25) is 0 Å². The number of nitrogens with zero attached hydrogens (tertiary/aromatic N) is 5. The summed E-state index contributed by atoms with van der Waals surface area (Å²) in [5, 5.41) is 24.9. The summed E-state index contributed by atoms with van der Waals surface area (Å²) in [6.07, 6.45) is 1.39. The van der Waals surface area contributed by atoms with Crippen molar-refractivity contribution in [3.8, 4) is 6.07 Å². The molecular weight excluding hydrogens is 258 g/mol. The maximum absolute atomic E-state index is 10.7. The average Bonchev–Trinajstić information content (AvgIpc) is 2.94. The number of aromatic nitrogens is 3. The zero-order chi connectivity index (χ0) is 14.5. The molecule has 0 saturated carbocycles. The lowest BCUT2D eigenvalue weighted by Crippen LogP contribution is -2.23. The number of nitriles is 1. The fourth-order valence-corrected chi connectivity index (χ4v) is 1.70. The number of carbonyl (C=O) groups is 1. The first-order chi connectivity index (χ1) is 9.60. The number of likely N-dealkylation sites (N-methyl/N-ethyl adjacent to an activating group) is 1. The van der Waals surface area contributed by atoms with E-state index in [1.807, 2.05) is 24.1 Å². The Kier molecular flexibility index (Phi) is 3.96. The van der Waals surface area contributed by atoms with Crippen molar-refractivity contribution < 1.29 is 9.90 Å². The van der Waals surface area contributed by atoms with Gasteiger partial charge >= 0.3 is 5.97 Å². The van der Waals surface area contributed by atoms with Crippen molar-refractivity contribution in [2.75, 3.05) is 18.5 Å². The van der Waals surface area contributed by atoms with Crippen LogP contribution in [0.5, 0.6) is 0 Å². The van der Waals surface area contributed by atoms with Crippen LogP contribution in [-0.4, -0.2) is 39.7 Å². The third-order valence-corrected chi connectivity index (χ3v) is 2.84. The molecule has 0 aliphatic carbocycles. The fourth-order valence-electron chi connectivity index (χ4n) is 1.70. The molecule has 1 aromatic heterocycles. The minimum atomic E-state index is -1.09. The lowest BCUT2D eigenvalue weighted by Gasteiger charge is -2.19. The van der Waals surface area contributed by atoms with Gasteiger partial charge in [0, 0.05) is 19.3 Å². The van der Waals surface area contributed by atoms with Crippen molar-refractivity contribution in [2.45, 2.75) is 6.54 Å². The molecule has 7 nitrogen and oxygen atoms in total. The van der Waals surface area contributed by atoms with E-state index in [-0.39, 0.29) is 5.69 Å². The van der Waals surface area contributed by atoms with E-state index >= 15 is 0 Å².